The van der Waals surface area contributed by atoms with Gasteiger partial charge in [-0.25, -0.2) is 0 Å². The van der Waals surface area contributed by atoms with E-state index in [1.54, 1.807) is 0 Å². The van der Waals surface area contributed by atoms with Crippen molar-refractivity contribution in [2.24, 2.45) is 0 Å². The number of rotatable bonds is 3. The number of aromatic nitrogens is 1. The Balaban J connectivity index is 1.42. The van der Waals surface area contributed by atoms with E-state index in [1.165, 1.54) is 27.7 Å². The Bertz CT molecular complexity index is 966. The van der Waals surface area contributed by atoms with E-state index in [4.69, 9.17) is 11.6 Å². The van der Waals surface area contributed by atoms with Gasteiger partial charge in [0, 0.05) is 40.6 Å². The first-order valence-electron chi connectivity index (χ1n) is 9.62. The van der Waals surface area contributed by atoms with Crippen molar-refractivity contribution in [2.75, 3.05) is 13.1 Å². The van der Waals surface area contributed by atoms with Crippen LogP contribution in [0.4, 0.5) is 0 Å². The minimum absolute atomic E-state index is 0.208. The topological polar surface area (TPSA) is 36.1 Å². The second kappa shape index (κ2) is 7.40. The molecule has 2 aromatic carbocycles. The fourth-order valence-corrected chi connectivity index (χ4v) is 4.30. The van der Waals surface area contributed by atoms with Gasteiger partial charge in [0.1, 0.15) is 0 Å². The fraction of sp³-hybridized carbons (Fsp3) is 0.348. The lowest BCUT2D eigenvalue weighted by Crippen LogP contribution is -2.38. The number of amides is 1. The van der Waals surface area contributed by atoms with Crippen molar-refractivity contribution in [1.82, 2.24) is 9.88 Å². The van der Waals surface area contributed by atoms with Crippen molar-refractivity contribution >= 4 is 28.4 Å². The van der Waals surface area contributed by atoms with Gasteiger partial charge in [0.25, 0.3) is 0 Å². The summed E-state index contributed by atoms with van der Waals surface area (Å²) in [5.41, 5.74) is 6.24. The number of halogens is 1. The Hall–Kier alpha value is -2.26. The van der Waals surface area contributed by atoms with Crippen LogP contribution in [0.15, 0.2) is 42.5 Å². The average molecular weight is 381 g/mol. The number of likely N-dealkylation sites (tertiary alicyclic amines) is 1. The number of piperidine rings is 1. The zero-order valence-electron chi connectivity index (χ0n) is 15.9. The van der Waals surface area contributed by atoms with Crippen LogP contribution in [0.5, 0.6) is 0 Å². The molecule has 1 aliphatic rings. The van der Waals surface area contributed by atoms with Crippen molar-refractivity contribution in [3.8, 4) is 0 Å². The summed E-state index contributed by atoms with van der Waals surface area (Å²) in [4.78, 5) is 18.3. The first kappa shape index (κ1) is 18.1. The van der Waals surface area contributed by atoms with E-state index in [2.05, 4.69) is 37.0 Å². The molecule has 140 valence electrons. The van der Waals surface area contributed by atoms with Crippen molar-refractivity contribution < 1.29 is 4.79 Å². The second-order valence-electron chi connectivity index (χ2n) is 7.67. The number of H-pyrrole nitrogens is 1. The summed E-state index contributed by atoms with van der Waals surface area (Å²) < 4.78 is 0. The first-order chi connectivity index (χ1) is 13.0. The van der Waals surface area contributed by atoms with Gasteiger partial charge < -0.3 is 9.88 Å². The molecule has 0 radical (unpaired) electrons. The van der Waals surface area contributed by atoms with E-state index in [9.17, 15) is 4.79 Å². The molecule has 0 unspecified atom stereocenters. The van der Waals surface area contributed by atoms with Gasteiger partial charge >= 0.3 is 0 Å². The van der Waals surface area contributed by atoms with Gasteiger partial charge in [-0.2, -0.15) is 0 Å². The molecule has 0 saturated carbocycles. The molecule has 4 rings (SSSR count). The zero-order chi connectivity index (χ0) is 19.0. The second-order valence-corrected chi connectivity index (χ2v) is 8.11. The standard InChI is InChI=1S/C23H25ClN2O/c1-15-3-8-21-20(13-15)16(2)23(25-21)18-9-11-26(12-10-18)22(27)14-17-4-6-19(24)7-5-17/h3-8,13,18,25H,9-12,14H2,1-2H3. The van der Waals surface area contributed by atoms with Crippen molar-refractivity contribution in [2.45, 2.75) is 39.0 Å². The molecule has 1 aliphatic heterocycles. The maximum absolute atomic E-state index is 12.6. The quantitative estimate of drug-likeness (QED) is 0.650. The Morgan fingerprint density at radius 3 is 2.52 bits per heavy atom. The number of benzene rings is 2. The summed E-state index contributed by atoms with van der Waals surface area (Å²) in [5.74, 6) is 0.706. The molecule has 0 bridgehead atoms. The van der Waals surface area contributed by atoms with Gasteiger partial charge in [-0.1, -0.05) is 35.4 Å². The lowest BCUT2D eigenvalue weighted by molar-refractivity contribution is -0.131. The Morgan fingerprint density at radius 2 is 1.81 bits per heavy atom. The summed E-state index contributed by atoms with van der Waals surface area (Å²) in [7, 11) is 0. The number of hydrogen-bond acceptors (Lipinski definition) is 1. The molecular weight excluding hydrogens is 356 g/mol. The Kier molecular flexibility index (Phi) is 4.96. The molecule has 0 atom stereocenters. The highest BCUT2D eigenvalue weighted by Gasteiger charge is 2.26. The smallest absolute Gasteiger partial charge is 0.226 e. The average Bonchev–Trinajstić information content (AvgIpc) is 3.00. The van der Waals surface area contributed by atoms with E-state index < -0.39 is 0 Å². The van der Waals surface area contributed by atoms with Gasteiger partial charge in [0.05, 0.1) is 6.42 Å². The highest BCUT2D eigenvalue weighted by atomic mass is 35.5. The van der Waals surface area contributed by atoms with Gasteiger partial charge in [0.2, 0.25) is 5.91 Å². The van der Waals surface area contributed by atoms with Gasteiger partial charge in [0.15, 0.2) is 0 Å². The lowest BCUT2D eigenvalue weighted by atomic mass is 9.91. The molecular formula is C23H25ClN2O. The third-order valence-corrected chi connectivity index (χ3v) is 6.03. The van der Waals surface area contributed by atoms with Crippen LogP contribution in [0.25, 0.3) is 10.9 Å². The SMILES string of the molecule is Cc1ccc2[nH]c(C3CCN(C(=O)Cc4ccc(Cl)cc4)CC3)c(C)c2c1. The predicted molar refractivity (Wildman–Crippen MR) is 111 cm³/mol. The first-order valence-corrected chi connectivity index (χ1v) is 10.00. The van der Waals surface area contributed by atoms with Crippen molar-refractivity contribution in [3.63, 3.8) is 0 Å². The molecule has 3 nitrogen and oxygen atoms in total. The predicted octanol–water partition coefficient (Wildman–Crippen LogP) is 5.39. The largest absolute Gasteiger partial charge is 0.358 e. The van der Waals surface area contributed by atoms with Crippen LogP contribution in [-0.2, 0) is 11.2 Å². The van der Waals surface area contributed by atoms with Crippen LogP contribution >= 0.6 is 11.6 Å². The van der Waals surface area contributed by atoms with Gasteiger partial charge in [-0.15, -0.1) is 0 Å². The van der Waals surface area contributed by atoms with E-state index in [0.717, 1.165) is 31.5 Å². The highest BCUT2D eigenvalue weighted by molar-refractivity contribution is 6.30. The van der Waals surface area contributed by atoms with E-state index in [-0.39, 0.29) is 5.91 Å². The van der Waals surface area contributed by atoms with Gasteiger partial charge in [-0.05, 0) is 62.1 Å². The summed E-state index contributed by atoms with van der Waals surface area (Å²) in [5, 5.41) is 2.03. The number of nitrogens with one attached hydrogen (secondary N) is 1. The van der Waals surface area contributed by atoms with Crippen LogP contribution in [0.1, 0.15) is 41.1 Å². The van der Waals surface area contributed by atoms with Crippen LogP contribution in [0.2, 0.25) is 5.02 Å². The third-order valence-electron chi connectivity index (χ3n) is 5.78. The number of hydrogen-bond donors (Lipinski definition) is 1. The molecule has 1 amide bonds. The minimum atomic E-state index is 0.208. The molecule has 3 aromatic rings. The monoisotopic (exact) mass is 380 g/mol. The Labute approximate surface area is 165 Å². The number of aromatic amines is 1. The number of carbonyl (C=O) groups is 1. The fourth-order valence-electron chi connectivity index (χ4n) is 4.18. The highest BCUT2D eigenvalue weighted by Crippen LogP contribution is 2.34. The van der Waals surface area contributed by atoms with Crippen molar-refractivity contribution in [3.05, 3.63) is 69.9 Å². The lowest BCUT2D eigenvalue weighted by Gasteiger charge is -2.32. The molecule has 4 heteroatoms. The molecule has 27 heavy (non-hydrogen) atoms. The summed E-state index contributed by atoms with van der Waals surface area (Å²) in [6.07, 6.45) is 2.48. The van der Waals surface area contributed by atoms with Crippen molar-refractivity contribution in [1.29, 1.82) is 0 Å². The summed E-state index contributed by atoms with van der Waals surface area (Å²) >= 11 is 5.92. The number of fused-ring (bicyclic) bond motifs is 1. The number of nitrogens with zero attached hydrogens (tertiary/aromatic N) is 1. The number of carbonyl (C=O) groups excluding carboxylic acids is 1. The van der Waals surface area contributed by atoms with E-state index >= 15 is 0 Å². The number of aryl methyl sites for hydroxylation is 2. The van der Waals surface area contributed by atoms with Crippen LogP contribution in [-0.4, -0.2) is 28.9 Å². The van der Waals surface area contributed by atoms with Crippen LogP contribution in [0, 0.1) is 13.8 Å². The molecule has 1 fully saturated rings. The normalized spacial score (nSPS) is 15.4. The molecule has 1 N–H and O–H groups in total. The van der Waals surface area contributed by atoms with E-state index in [1.807, 2.05) is 29.2 Å². The Morgan fingerprint density at radius 1 is 1.11 bits per heavy atom. The van der Waals surface area contributed by atoms with E-state index in [0.29, 0.717) is 17.4 Å². The molecule has 1 saturated heterocycles. The molecule has 1 aromatic heterocycles. The maximum atomic E-state index is 12.6. The molecule has 0 aliphatic carbocycles. The zero-order valence-corrected chi connectivity index (χ0v) is 16.6. The van der Waals surface area contributed by atoms with Crippen LogP contribution in [0.3, 0.4) is 0 Å². The van der Waals surface area contributed by atoms with Gasteiger partial charge in [-0.3, -0.25) is 4.79 Å². The minimum Gasteiger partial charge on any atom is -0.358 e. The molecule has 0 spiro atoms. The summed E-state index contributed by atoms with van der Waals surface area (Å²) in [6, 6.07) is 14.1. The maximum Gasteiger partial charge on any atom is 0.226 e. The van der Waals surface area contributed by atoms with Crippen LogP contribution < -0.4 is 0 Å². The third kappa shape index (κ3) is 3.74. The molecule has 2 heterocycles. The summed E-state index contributed by atoms with van der Waals surface area (Å²) in [6.45, 7) is 6.00.